The molecular formula is C17H19NO3. The second kappa shape index (κ2) is 5.20. The van der Waals surface area contributed by atoms with Gasteiger partial charge in [0.25, 0.3) is 0 Å². The standard InChI is InChI=1S/C17H19NO3/c1-11-9-15(19)10-12(2)18(11)14-7-5-13(6-8-14)17(3,4)16(20)21/h5-10H,1-4H3,(H,20,21). The van der Waals surface area contributed by atoms with E-state index in [4.69, 9.17) is 0 Å². The Hall–Kier alpha value is -2.36. The van der Waals surface area contributed by atoms with Gasteiger partial charge in [-0.25, -0.2) is 0 Å². The van der Waals surface area contributed by atoms with Gasteiger partial charge in [-0.15, -0.1) is 0 Å². The van der Waals surface area contributed by atoms with Crippen LogP contribution in [0.25, 0.3) is 5.69 Å². The van der Waals surface area contributed by atoms with Crippen LogP contribution in [0.2, 0.25) is 0 Å². The summed E-state index contributed by atoms with van der Waals surface area (Å²) < 4.78 is 1.97. The number of nitrogens with zero attached hydrogens (tertiary/aromatic N) is 1. The van der Waals surface area contributed by atoms with E-state index < -0.39 is 11.4 Å². The van der Waals surface area contributed by atoms with E-state index in [0.29, 0.717) is 0 Å². The Morgan fingerprint density at radius 3 is 1.95 bits per heavy atom. The molecule has 4 nitrogen and oxygen atoms in total. The van der Waals surface area contributed by atoms with Gasteiger partial charge in [0.2, 0.25) is 0 Å². The van der Waals surface area contributed by atoms with E-state index in [1.165, 1.54) is 0 Å². The van der Waals surface area contributed by atoms with Crippen molar-refractivity contribution in [3.63, 3.8) is 0 Å². The summed E-state index contributed by atoms with van der Waals surface area (Å²) in [5, 5.41) is 9.26. The molecule has 2 rings (SSSR count). The first-order chi connectivity index (χ1) is 9.73. The van der Waals surface area contributed by atoms with Crippen LogP contribution >= 0.6 is 0 Å². The van der Waals surface area contributed by atoms with Gasteiger partial charge in [-0.3, -0.25) is 9.59 Å². The number of rotatable bonds is 3. The predicted octanol–water partition coefficient (Wildman–Crippen LogP) is 2.82. The number of aromatic nitrogens is 1. The highest BCUT2D eigenvalue weighted by atomic mass is 16.4. The molecule has 0 fully saturated rings. The van der Waals surface area contributed by atoms with Crippen molar-refractivity contribution in [2.24, 2.45) is 0 Å². The average Bonchev–Trinajstić information content (AvgIpc) is 2.38. The summed E-state index contributed by atoms with van der Waals surface area (Å²) in [5.74, 6) is -0.856. The Morgan fingerprint density at radius 1 is 1.05 bits per heavy atom. The maximum atomic E-state index is 11.5. The second-order valence-corrected chi connectivity index (χ2v) is 5.79. The lowest BCUT2D eigenvalue weighted by Crippen LogP contribution is -2.28. The molecule has 21 heavy (non-hydrogen) atoms. The van der Waals surface area contributed by atoms with Gasteiger partial charge >= 0.3 is 5.97 Å². The fourth-order valence-electron chi connectivity index (χ4n) is 2.42. The molecule has 0 spiro atoms. The van der Waals surface area contributed by atoms with Crippen LogP contribution in [-0.4, -0.2) is 15.6 Å². The van der Waals surface area contributed by atoms with Crippen molar-refractivity contribution in [2.75, 3.05) is 0 Å². The fourth-order valence-corrected chi connectivity index (χ4v) is 2.42. The van der Waals surface area contributed by atoms with Crippen LogP contribution < -0.4 is 5.43 Å². The van der Waals surface area contributed by atoms with Gasteiger partial charge < -0.3 is 9.67 Å². The van der Waals surface area contributed by atoms with Gasteiger partial charge in [-0.05, 0) is 45.4 Å². The summed E-state index contributed by atoms with van der Waals surface area (Å²) in [6.07, 6.45) is 0. The molecule has 1 aromatic carbocycles. The van der Waals surface area contributed by atoms with Crippen LogP contribution in [0, 0.1) is 13.8 Å². The summed E-state index contributed by atoms with van der Waals surface area (Å²) >= 11 is 0. The number of aryl methyl sites for hydroxylation is 2. The first-order valence-electron chi connectivity index (χ1n) is 6.78. The zero-order chi connectivity index (χ0) is 15.8. The molecule has 0 amide bonds. The third kappa shape index (κ3) is 2.75. The van der Waals surface area contributed by atoms with Gasteiger partial charge in [-0.1, -0.05) is 12.1 Å². The quantitative estimate of drug-likeness (QED) is 0.943. The van der Waals surface area contributed by atoms with E-state index in [-0.39, 0.29) is 5.43 Å². The summed E-state index contributed by atoms with van der Waals surface area (Å²) in [6, 6.07) is 10.6. The minimum absolute atomic E-state index is 0.00937. The lowest BCUT2D eigenvalue weighted by molar-refractivity contribution is -0.142. The number of carboxylic acid groups (broad SMARTS) is 1. The van der Waals surface area contributed by atoms with E-state index >= 15 is 0 Å². The topological polar surface area (TPSA) is 59.3 Å². The van der Waals surface area contributed by atoms with Gasteiger partial charge in [0, 0.05) is 29.2 Å². The molecule has 1 aromatic heterocycles. The molecule has 110 valence electrons. The van der Waals surface area contributed by atoms with Gasteiger partial charge in [0.1, 0.15) is 0 Å². The highest BCUT2D eigenvalue weighted by molar-refractivity contribution is 5.80. The SMILES string of the molecule is Cc1cc(=O)cc(C)n1-c1ccc(C(C)(C)C(=O)O)cc1. The number of carboxylic acids is 1. The number of hydrogen-bond acceptors (Lipinski definition) is 2. The molecule has 0 radical (unpaired) electrons. The smallest absolute Gasteiger partial charge is 0.313 e. The normalized spacial score (nSPS) is 11.4. The number of aliphatic carboxylic acids is 1. The Balaban J connectivity index is 2.50. The number of pyridine rings is 1. The Morgan fingerprint density at radius 2 is 1.52 bits per heavy atom. The summed E-state index contributed by atoms with van der Waals surface area (Å²) in [4.78, 5) is 22.8. The van der Waals surface area contributed by atoms with Crippen molar-refractivity contribution in [3.8, 4) is 5.69 Å². The van der Waals surface area contributed by atoms with Crippen molar-refractivity contribution in [2.45, 2.75) is 33.1 Å². The van der Waals surface area contributed by atoms with Crippen molar-refractivity contribution in [1.29, 1.82) is 0 Å². The van der Waals surface area contributed by atoms with Crippen LogP contribution in [0.15, 0.2) is 41.2 Å². The maximum Gasteiger partial charge on any atom is 0.313 e. The largest absolute Gasteiger partial charge is 0.481 e. The van der Waals surface area contributed by atoms with E-state index in [9.17, 15) is 14.7 Å². The molecule has 1 heterocycles. The third-order valence-corrected chi connectivity index (χ3v) is 3.79. The van der Waals surface area contributed by atoms with Crippen molar-refractivity contribution in [1.82, 2.24) is 4.57 Å². The summed E-state index contributed by atoms with van der Waals surface area (Å²) in [5.41, 5.74) is 2.43. The molecular weight excluding hydrogens is 266 g/mol. The maximum absolute atomic E-state index is 11.5. The third-order valence-electron chi connectivity index (χ3n) is 3.79. The number of benzene rings is 1. The number of carbonyl (C=O) groups is 1. The monoisotopic (exact) mass is 285 g/mol. The molecule has 2 aromatic rings. The highest BCUT2D eigenvalue weighted by Gasteiger charge is 2.29. The zero-order valence-electron chi connectivity index (χ0n) is 12.7. The molecule has 4 heteroatoms. The van der Waals surface area contributed by atoms with Crippen LogP contribution in [0.4, 0.5) is 0 Å². The number of hydrogen-bond donors (Lipinski definition) is 1. The molecule has 0 unspecified atom stereocenters. The minimum Gasteiger partial charge on any atom is -0.481 e. The van der Waals surface area contributed by atoms with E-state index in [1.807, 2.05) is 42.7 Å². The minimum atomic E-state index is -0.924. The Bertz CT molecular complexity index is 713. The Labute approximate surface area is 123 Å². The van der Waals surface area contributed by atoms with Gasteiger partial charge in [-0.2, -0.15) is 0 Å². The van der Waals surface area contributed by atoms with Crippen molar-refractivity contribution < 1.29 is 9.90 Å². The van der Waals surface area contributed by atoms with Crippen LogP contribution in [0.5, 0.6) is 0 Å². The molecule has 0 bridgehead atoms. The summed E-state index contributed by atoms with van der Waals surface area (Å²) in [7, 11) is 0. The molecule has 0 saturated carbocycles. The van der Waals surface area contributed by atoms with E-state index in [0.717, 1.165) is 22.6 Å². The average molecular weight is 285 g/mol. The van der Waals surface area contributed by atoms with Crippen LogP contribution in [0.3, 0.4) is 0 Å². The van der Waals surface area contributed by atoms with Crippen molar-refractivity contribution in [3.05, 3.63) is 63.6 Å². The first-order valence-corrected chi connectivity index (χ1v) is 6.78. The van der Waals surface area contributed by atoms with Crippen molar-refractivity contribution >= 4 is 5.97 Å². The predicted molar refractivity (Wildman–Crippen MR) is 82.2 cm³/mol. The molecule has 0 atom stereocenters. The lowest BCUT2D eigenvalue weighted by atomic mass is 9.85. The van der Waals surface area contributed by atoms with Crippen LogP contribution in [-0.2, 0) is 10.2 Å². The lowest BCUT2D eigenvalue weighted by Gasteiger charge is -2.21. The van der Waals surface area contributed by atoms with Gasteiger partial charge in [0.15, 0.2) is 5.43 Å². The first kappa shape index (κ1) is 15.0. The Kier molecular flexibility index (Phi) is 3.73. The van der Waals surface area contributed by atoms with Crippen LogP contribution in [0.1, 0.15) is 30.8 Å². The zero-order valence-corrected chi connectivity index (χ0v) is 12.7. The van der Waals surface area contributed by atoms with Gasteiger partial charge in [0.05, 0.1) is 5.41 Å². The fraction of sp³-hybridized carbons (Fsp3) is 0.294. The highest BCUT2D eigenvalue weighted by Crippen LogP contribution is 2.25. The molecule has 0 aliphatic heterocycles. The second-order valence-electron chi connectivity index (χ2n) is 5.79. The molecule has 0 aliphatic carbocycles. The molecule has 0 aliphatic rings. The van der Waals surface area contributed by atoms with E-state index in [1.54, 1.807) is 26.0 Å². The summed E-state index contributed by atoms with van der Waals surface area (Å²) in [6.45, 7) is 7.12. The van der Waals surface area contributed by atoms with E-state index in [2.05, 4.69) is 0 Å². The molecule has 1 N–H and O–H groups in total. The molecule has 0 saturated heterocycles.